The van der Waals surface area contributed by atoms with Gasteiger partial charge < -0.3 is 10.3 Å². The molecule has 0 bridgehead atoms. The zero-order chi connectivity index (χ0) is 22.1. The number of likely N-dealkylation sites (N-methyl/N-ethyl adjacent to an activating group) is 1. The van der Waals surface area contributed by atoms with E-state index in [1.165, 1.54) is 16.7 Å². The van der Waals surface area contributed by atoms with Gasteiger partial charge in [-0.2, -0.15) is 0 Å². The van der Waals surface area contributed by atoms with Crippen LogP contribution in [0.1, 0.15) is 44.7 Å². The first-order chi connectivity index (χ1) is 14.4. The summed E-state index contributed by atoms with van der Waals surface area (Å²) in [6.07, 6.45) is 5.13. The molecule has 2 aromatic rings. The fourth-order valence-electron chi connectivity index (χ4n) is 3.73. The number of nitrogen functional groups attached to an aromatic ring is 1. The average Bonchev–Trinajstić information content (AvgIpc) is 2.75. The molecule has 0 spiro atoms. The number of rotatable bonds is 11. The number of allylic oxidation sites excluding steroid dienone is 2. The minimum absolute atomic E-state index is 0.893. The molecule has 0 aliphatic rings. The molecule has 0 unspecified atom stereocenters. The third-order valence-corrected chi connectivity index (χ3v) is 5.31. The molecule has 0 aliphatic heterocycles. The number of hydrogen-bond acceptors (Lipinski definition) is 3. The van der Waals surface area contributed by atoms with Crippen molar-refractivity contribution in [2.75, 3.05) is 18.5 Å². The molecule has 0 aliphatic carbocycles. The van der Waals surface area contributed by atoms with Gasteiger partial charge in [0, 0.05) is 18.8 Å². The van der Waals surface area contributed by atoms with Crippen molar-refractivity contribution >= 4 is 19.6 Å². The van der Waals surface area contributed by atoms with Crippen LogP contribution in [0.25, 0.3) is 17.2 Å². The molecule has 3 nitrogen and oxygen atoms in total. The van der Waals surface area contributed by atoms with E-state index in [4.69, 9.17) is 5.84 Å². The molecular weight excluding hydrogens is 365 g/mol. The largest absolute Gasteiger partial charge is 0.372 e. The van der Waals surface area contributed by atoms with Crippen molar-refractivity contribution < 1.29 is 0 Å². The van der Waals surface area contributed by atoms with E-state index in [0.29, 0.717) is 0 Å². The zero-order valence-electron chi connectivity index (χ0n) is 19.1. The SMILES string of the molecule is BC(=C)Cc1cccc(-c2ccc(/C=C(\CC)C(=C)N(CC)CCC)c(NN)c2)c1. The highest BCUT2D eigenvalue weighted by atomic mass is 15.2. The fraction of sp³-hybridized carbons (Fsp3) is 0.308. The summed E-state index contributed by atoms with van der Waals surface area (Å²) in [5.41, 5.74) is 12.0. The molecule has 0 atom stereocenters. The van der Waals surface area contributed by atoms with Gasteiger partial charge in [0.15, 0.2) is 0 Å². The van der Waals surface area contributed by atoms with Gasteiger partial charge in [0.1, 0.15) is 7.85 Å². The minimum Gasteiger partial charge on any atom is -0.372 e. The molecule has 0 heterocycles. The second-order valence-electron chi connectivity index (χ2n) is 7.83. The van der Waals surface area contributed by atoms with Crippen LogP contribution in [0.2, 0.25) is 0 Å². The summed E-state index contributed by atoms with van der Waals surface area (Å²) in [6, 6.07) is 15.0. The second-order valence-corrected chi connectivity index (χ2v) is 7.83. The molecule has 2 rings (SSSR count). The maximum Gasteiger partial charge on any atom is 0.133 e. The highest BCUT2D eigenvalue weighted by Crippen LogP contribution is 2.29. The van der Waals surface area contributed by atoms with E-state index in [2.05, 4.69) is 101 Å². The van der Waals surface area contributed by atoms with Crippen LogP contribution in [-0.2, 0) is 6.42 Å². The predicted octanol–water partition coefficient (Wildman–Crippen LogP) is 5.37. The van der Waals surface area contributed by atoms with Crippen LogP contribution < -0.4 is 11.3 Å². The van der Waals surface area contributed by atoms with Crippen molar-refractivity contribution in [1.29, 1.82) is 0 Å². The van der Waals surface area contributed by atoms with Gasteiger partial charge in [0.25, 0.3) is 0 Å². The van der Waals surface area contributed by atoms with Crippen molar-refractivity contribution in [2.45, 2.75) is 40.0 Å². The van der Waals surface area contributed by atoms with E-state index in [1.54, 1.807) is 0 Å². The predicted molar refractivity (Wildman–Crippen MR) is 136 cm³/mol. The number of hydrazine groups is 1. The van der Waals surface area contributed by atoms with Gasteiger partial charge in [0.05, 0.1) is 5.69 Å². The highest BCUT2D eigenvalue weighted by molar-refractivity contribution is 6.21. The number of anilines is 1. The first-order valence-electron chi connectivity index (χ1n) is 10.9. The van der Waals surface area contributed by atoms with Crippen LogP contribution in [0.3, 0.4) is 0 Å². The summed E-state index contributed by atoms with van der Waals surface area (Å²) >= 11 is 0. The smallest absolute Gasteiger partial charge is 0.133 e. The van der Waals surface area contributed by atoms with Crippen LogP contribution in [0.4, 0.5) is 5.69 Å². The van der Waals surface area contributed by atoms with E-state index in [-0.39, 0.29) is 0 Å². The lowest BCUT2D eigenvalue weighted by Gasteiger charge is -2.26. The van der Waals surface area contributed by atoms with Crippen LogP contribution in [-0.4, -0.2) is 25.8 Å². The molecule has 0 amide bonds. The van der Waals surface area contributed by atoms with Gasteiger partial charge in [-0.1, -0.05) is 56.8 Å². The van der Waals surface area contributed by atoms with Gasteiger partial charge in [-0.25, -0.2) is 0 Å². The standard InChI is InChI=1S/C26H36BN3/c1-6-14-30(8-3)20(5)22(7-2)17-25-13-12-24(18-26(25)29-28)23-11-9-10-21(16-23)15-19(4)27/h9-13,16-18,29H,4-8,14-15,27-28H2,1-3H3/b22-17+. The summed E-state index contributed by atoms with van der Waals surface area (Å²) in [6.45, 7) is 16.9. The van der Waals surface area contributed by atoms with Gasteiger partial charge >= 0.3 is 0 Å². The summed E-state index contributed by atoms with van der Waals surface area (Å²) < 4.78 is 0. The van der Waals surface area contributed by atoms with Crippen molar-refractivity contribution in [3.8, 4) is 11.1 Å². The molecular formula is C26H36BN3. The van der Waals surface area contributed by atoms with E-state index < -0.39 is 0 Å². The Morgan fingerprint density at radius 3 is 2.43 bits per heavy atom. The van der Waals surface area contributed by atoms with Gasteiger partial charge in [0.2, 0.25) is 0 Å². The Morgan fingerprint density at radius 1 is 1.10 bits per heavy atom. The Bertz CT molecular complexity index is 914. The van der Waals surface area contributed by atoms with Gasteiger partial charge in [-0.3, -0.25) is 5.84 Å². The van der Waals surface area contributed by atoms with E-state index >= 15 is 0 Å². The summed E-state index contributed by atoms with van der Waals surface area (Å²) in [5.74, 6) is 5.90. The van der Waals surface area contributed by atoms with Crippen LogP contribution in [0.5, 0.6) is 0 Å². The summed E-state index contributed by atoms with van der Waals surface area (Å²) in [5, 5.41) is 0. The summed E-state index contributed by atoms with van der Waals surface area (Å²) in [7, 11) is 2.06. The van der Waals surface area contributed by atoms with Crippen molar-refractivity contribution in [1.82, 2.24) is 4.90 Å². The van der Waals surface area contributed by atoms with Gasteiger partial charge in [-0.15, -0.1) is 12.1 Å². The lowest BCUT2D eigenvalue weighted by Crippen LogP contribution is -2.24. The maximum atomic E-state index is 5.90. The number of hydrogen-bond donors (Lipinski definition) is 2. The van der Waals surface area contributed by atoms with Gasteiger partial charge in [-0.05, 0) is 66.2 Å². The monoisotopic (exact) mass is 401 g/mol. The highest BCUT2D eigenvalue weighted by Gasteiger charge is 2.11. The average molecular weight is 401 g/mol. The fourth-order valence-corrected chi connectivity index (χ4v) is 3.73. The number of nitrogens with one attached hydrogen (secondary N) is 1. The van der Waals surface area contributed by atoms with E-state index in [1.807, 2.05) is 0 Å². The minimum atomic E-state index is 0.893. The first-order valence-corrected chi connectivity index (χ1v) is 10.9. The van der Waals surface area contributed by atoms with Crippen molar-refractivity contribution in [2.24, 2.45) is 5.84 Å². The third kappa shape index (κ3) is 6.14. The van der Waals surface area contributed by atoms with Crippen LogP contribution >= 0.6 is 0 Å². The molecule has 0 aromatic heterocycles. The van der Waals surface area contributed by atoms with Crippen LogP contribution in [0.15, 0.2) is 72.4 Å². The Labute approximate surface area is 183 Å². The molecule has 3 N–H and O–H groups in total. The van der Waals surface area contributed by atoms with E-state index in [0.717, 1.165) is 60.3 Å². The molecule has 30 heavy (non-hydrogen) atoms. The number of benzene rings is 2. The quantitative estimate of drug-likeness (QED) is 0.230. The lowest BCUT2D eigenvalue weighted by atomic mass is 9.90. The first kappa shape index (κ1) is 23.6. The Hall–Kier alpha value is -2.72. The molecule has 2 aromatic carbocycles. The molecule has 0 saturated carbocycles. The molecule has 0 saturated heterocycles. The van der Waals surface area contributed by atoms with Crippen LogP contribution in [0, 0.1) is 0 Å². The molecule has 0 fully saturated rings. The van der Waals surface area contributed by atoms with Crippen molar-refractivity contribution in [3.05, 3.63) is 83.5 Å². The zero-order valence-corrected chi connectivity index (χ0v) is 19.1. The number of nitrogens with zero attached hydrogens (tertiary/aromatic N) is 1. The van der Waals surface area contributed by atoms with Crippen molar-refractivity contribution in [3.63, 3.8) is 0 Å². The summed E-state index contributed by atoms with van der Waals surface area (Å²) in [4.78, 5) is 2.34. The number of nitrogens with two attached hydrogens (primary N) is 1. The molecule has 4 heteroatoms. The maximum absolute atomic E-state index is 5.90. The lowest BCUT2D eigenvalue weighted by molar-refractivity contribution is 0.369. The van der Waals surface area contributed by atoms with E-state index in [9.17, 15) is 0 Å². The Kier molecular flexibility index (Phi) is 9.00. The third-order valence-electron chi connectivity index (χ3n) is 5.31. The topological polar surface area (TPSA) is 41.3 Å². The molecule has 0 radical (unpaired) electrons. The Morgan fingerprint density at radius 2 is 1.83 bits per heavy atom. The normalized spacial score (nSPS) is 11.3. The molecule has 158 valence electrons. The Balaban J connectivity index is 2.38. The second kappa shape index (κ2) is 11.5.